The molecule has 0 aliphatic heterocycles. The number of halogens is 3. The summed E-state index contributed by atoms with van der Waals surface area (Å²) in [6, 6.07) is 5.05. The third-order valence-corrected chi connectivity index (χ3v) is 2.97. The highest BCUT2D eigenvalue weighted by Gasteiger charge is 2.34. The second kappa shape index (κ2) is 6.18. The Balaban J connectivity index is 2.63. The maximum atomic E-state index is 13.2. The predicted molar refractivity (Wildman–Crippen MR) is 78.4 cm³/mol. The van der Waals surface area contributed by atoms with E-state index in [1.165, 1.54) is 18.2 Å². The molecule has 1 aromatic carbocycles. The van der Waals surface area contributed by atoms with Gasteiger partial charge in [-0.2, -0.15) is 13.2 Å². The van der Waals surface area contributed by atoms with Crippen LogP contribution in [0.15, 0.2) is 24.3 Å². The highest BCUT2D eigenvalue weighted by molar-refractivity contribution is 5.68. The maximum absolute atomic E-state index is 13.2. The van der Waals surface area contributed by atoms with Crippen molar-refractivity contribution < 1.29 is 13.2 Å². The topological polar surface area (TPSA) is 89.8 Å². The molecule has 5 N–H and O–H groups in total. The van der Waals surface area contributed by atoms with Crippen molar-refractivity contribution in [1.82, 2.24) is 9.97 Å². The lowest BCUT2D eigenvalue weighted by Crippen LogP contribution is -2.13. The van der Waals surface area contributed by atoms with Crippen LogP contribution in [-0.2, 0) is 12.6 Å². The second-order valence-electron chi connectivity index (χ2n) is 4.62. The minimum Gasteiger partial charge on any atom is -0.399 e. The molecule has 2 rings (SSSR count). The highest BCUT2D eigenvalue weighted by atomic mass is 19.4. The van der Waals surface area contributed by atoms with Crippen LogP contribution in [0.2, 0.25) is 0 Å². The fraction of sp³-hybridized carbons (Fsp3) is 0.214. The van der Waals surface area contributed by atoms with Crippen molar-refractivity contribution in [2.45, 2.75) is 19.0 Å². The Morgan fingerprint density at radius 1 is 1.18 bits per heavy atom. The first-order valence-corrected chi connectivity index (χ1v) is 6.46. The van der Waals surface area contributed by atoms with Crippen LogP contribution in [0.25, 0.3) is 11.3 Å². The minimum atomic E-state index is -4.54. The van der Waals surface area contributed by atoms with E-state index in [2.05, 4.69) is 22.3 Å². The fourth-order valence-corrected chi connectivity index (χ4v) is 2.03. The first-order chi connectivity index (χ1) is 10.3. The van der Waals surface area contributed by atoms with Crippen LogP contribution < -0.4 is 17.0 Å². The van der Waals surface area contributed by atoms with Crippen molar-refractivity contribution in [3.8, 4) is 11.3 Å². The molecule has 0 aliphatic carbocycles. The number of anilines is 2. The Hall–Kier alpha value is -2.35. The standard InChI is InChI=1S/C14H15F3N5/c1-2-3-9-7-12(21-13(20-9)22-19)10-5-4-8(18)6-11(10)14(15,16)17/h4-7H,1-3,18-19H2,(H,20,21,22). The van der Waals surface area contributed by atoms with Crippen molar-refractivity contribution in [3.63, 3.8) is 0 Å². The van der Waals surface area contributed by atoms with Crippen molar-refractivity contribution in [3.05, 3.63) is 42.4 Å². The Morgan fingerprint density at radius 3 is 2.50 bits per heavy atom. The van der Waals surface area contributed by atoms with Gasteiger partial charge in [-0.25, -0.2) is 15.8 Å². The number of nitrogens with two attached hydrogens (primary N) is 2. The van der Waals surface area contributed by atoms with Gasteiger partial charge in [0.15, 0.2) is 0 Å². The van der Waals surface area contributed by atoms with Gasteiger partial charge in [-0.3, -0.25) is 5.43 Å². The maximum Gasteiger partial charge on any atom is 0.417 e. The molecule has 0 saturated heterocycles. The summed E-state index contributed by atoms with van der Waals surface area (Å²) in [6.45, 7) is 3.70. The van der Waals surface area contributed by atoms with Gasteiger partial charge in [-0.05, 0) is 31.0 Å². The Morgan fingerprint density at radius 2 is 1.91 bits per heavy atom. The number of nitrogens with zero attached hydrogens (tertiary/aromatic N) is 2. The van der Waals surface area contributed by atoms with E-state index < -0.39 is 11.7 Å². The van der Waals surface area contributed by atoms with E-state index in [4.69, 9.17) is 11.6 Å². The largest absolute Gasteiger partial charge is 0.417 e. The van der Waals surface area contributed by atoms with Crippen molar-refractivity contribution in [2.24, 2.45) is 5.84 Å². The molecule has 5 nitrogen and oxygen atoms in total. The zero-order chi connectivity index (χ0) is 16.3. The number of nitrogen functional groups attached to an aromatic ring is 2. The summed E-state index contributed by atoms with van der Waals surface area (Å²) >= 11 is 0. The summed E-state index contributed by atoms with van der Waals surface area (Å²) in [7, 11) is 0. The monoisotopic (exact) mass is 310 g/mol. The Kier molecular flexibility index (Phi) is 4.51. The van der Waals surface area contributed by atoms with E-state index in [1.807, 2.05) is 0 Å². The first kappa shape index (κ1) is 16.0. The number of alkyl halides is 3. The van der Waals surface area contributed by atoms with Crippen LogP contribution in [0.1, 0.15) is 17.7 Å². The quantitative estimate of drug-likeness (QED) is 0.459. The molecule has 8 heteroatoms. The molecule has 1 aromatic heterocycles. The average molecular weight is 310 g/mol. The second-order valence-corrected chi connectivity index (χ2v) is 4.62. The van der Waals surface area contributed by atoms with Crippen LogP contribution in [0.3, 0.4) is 0 Å². The van der Waals surface area contributed by atoms with Crippen LogP contribution in [0, 0.1) is 6.92 Å². The zero-order valence-corrected chi connectivity index (χ0v) is 11.6. The molecule has 0 spiro atoms. The number of aryl methyl sites for hydroxylation is 1. The first-order valence-electron chi connectivity index (χ1n) is 6.46. The van der Waals surface area contributed by atoms with Gasteiger partial charge in [0.25, 0.3) is 0 Å². The summed E-state index contributed by atoms with van der Waals surface area (Å²) < 4.78 is 39.6. The minimum absolute atomic E-state index is 0.0280. The number of hydrazine groups is 1. The summed E-state index contributed by atoms with van der Waals surface area (Å²) in [5, 5.41) is 0. The third-order valence-electron chi connectivity index (χ3n) is 2.97. The molecule has 0 amide bonds. The van der Waals surface area contributed by atoms with E-state index in [-0.39, 0.29) is 22.9 Å². The zero-order valence-electron chi connectivity index (χ0n) is 11.6. The number of benzene rings is 1. The average Bonchev–Trinajstić information content (AvgIpc) is 2.46. The van der Waals surface area contributed by atoms with Gasteiger partial charge >= 0.3 is 6.18 Å². The third kappa shape index (κ3) is 3.45. The van der Waals surface area contributed by atoms with E-state index in [0.29, 0.717) is 18.5 Å². The molecule has 1 radical (unpaired) electrons. The number of rotatable bonds is 4. The number of nitrogens with one attached hydrogen (secondary N) is 1. The predicted octanol–water partition coefficient (Wildman–Crippen LogP) is 2.80. The van der Waals surface area contributed by atoms with Crippen molar-refractivity contribution in [2.75, 3.05) is 11.2 Å². The number of hydrogen-bond acceptors (Lipinski definition) is 5. The lowest BCUT2D eigenvalue weighted by molar-refractivity contribution is -0.137. The van der Waals surface area contributed by atoms with E-state index in [0.717, 1.165) is 6.07 Å². The van der Waals surface area contributed by atoms with Gasteiger partial charge in [-0.15, -0.1) is 0 Å². The van der Waals surface area contributed by atoms with Crippen molar-refractivity contribution in [1.29, 1.82) is 0 Å². The van der Waals surface area contributed by atoms with Gasteiger partial charge in [0, 0.05) is 16.9 Å². The Labute approximate surface area is 125 Å². The molecule has 0 saturated carbocycles. The molecule has 0 aliphatic rings. The smallest absolute Gasteiger partial charge is 0.399 e. The van der Waals surface area contributed by atoms with Gasteiger partial charge in [0.2, 0.25) is 5.95 Å². The molecular weight excluding hydrogens is 295 g/mol. The molecule has 2 aromatic rings. The van der Waals surface area contributed by atoms with Crippen LogP contribution in [0.5, 0.6) is 0 Å². The molecule has 1 heterocycles. The van der Waals surface area contributed by atoms with Crippen LogP contribution in [-0.4, -0.2) is 9.97 Å². The normalized spacial score (nSPS) is 11.5. The lowest BCUT2D eigenvalue weighted by Gasteiger charge is -2.14. The lowest BCUT2D eigenvalue weighted by atomic mass is 10.0. The van der Waals surface area contributed by atoms with E-state index in [1.54, 1.807) is 0 Å². The number of hydrogen-bond donors (Lipinski definition) is 3. The molecule has 22 heavy (non-hydrogen) atoms. The van der Waals surface area contributed by atoms with Gasteiger partial charge < -0.3 is 5.73 Å². The molecule has 0 unspecified atom stereocenters. The number of aromatic nitrogens is 2. The molecule has 117 valence electrons. The van der Waals surface area contributed by atoms with Crippen molar-refractivity contribution >= 4 is 11.6 Å². The summed E-state index contributed by atoms with van der Waals surface area (Å²) in [5.41, 5.74) is 7.50. The summed E-state index contributed by atoms with van der Waals surface area (Å²) in [4.78, 5) is 8.08. The molecule has 0 bridgehead atoms. The fourth-order valence-electron chi connectivity index (χ4n) is 2.03. The molecule has 0 fully saturated rings. The van der Waals surface area contributed by atoms with Crippen LogP contribution in [0.4, 0.5) is 24.8 Å². The molecule has 0 atom stereocenters. The van der Waals surface area contributed by atoms with Gasteiger partial charge in [0.1, 0.15) is 0 Å². The SMILES string of the molecule is [CH2]CCc1cc(-c2ccc(N)cc2C(F)(F)F)nc(NN)n1. The van der Waals surface area contributed by atoms with Gasteiger partial charge in [-0.1, -0.05) is 13.0 Å². The Bertz CT molecular complexity index is 670. The van der Waals surface area contributed by atoms with Crippen LogP contribution >= 0.6 is 0 Å². The summed E-state index contributed by atoms with van der Waals surface area (Å²) in [5.74, 6) is 5.32. The molecular formula is C14H15F3N5. The summed E-state index contributed by atoms with van der Waals surface area (Å²) in [6.07, 6.45) is -3.49. The van der Waals surface area contributed by atoms with E-state index in [9.17, 15) is 13.2 Å². The van der Waals surface area contributed by atoms with E-state index >= 15 is 0 Å². The highest BCUT2D eigenvalue weighted by Crippen LogP contribution is 2.38. The van der Waals surface area contributed by atoms with Gasteiger partial charge in [0.05, 0.1) is 11.3 Å².